The predicted molar refractivity (Wildman–Crippen MR) is 51.7 cm³/mol. The number of benzene rings is 1. The molecule has 7 heteroatoms. The van der Waals surface area contributed by atoms with E-state index in [4.69, 9.17) is 0 Å². The Kier molecular flexibility index (Phi) is 2.53. The molecule has 1 saturated heterocycles. The summed E-state index contributed by atoms with van der Waals surface area (Å²) in [4.78, 5) is 22.2. The minimum Gasteiger partial charge on any atom is -0.273 e. The van der Waals surface area contributed by atoms with Gasteiger partial charge in [0.15, 0.2) is 0 Å². The fourth-order valence-corrected chi connectivity index (χ4v) is 1.45. The molecule has 17 heavy (non-hydrogen) atoms. The van der Waals surface area contributed by atoms with E-state index in [1.54, 1.807) is 0 Å². The van der Waals surface area contributed by atoms with Crippen molar-refractivity contribution in [3.8, 4) is 0 Å². The SMILES string of the molecule is O=C1CC(=O)N(c2ccc(C(F)(F)F)cc2)N1. The lowest BCUT2D eigenvalue weighted by Gasteiger charge is -2.15. The van der Waals surface area contributed by atoms with Gasteiger partial charge in [-0.1, -0.05) is 0 Å². The van der Waals surface area contributed by atoms with Gasteiger partial charge in [-0.2, -0.15) is 13.2 Å². The fourth-order valence-electron chi connectivity index (χ4n) is 1.45. The molecule has 1 aromatic rings. The molecule has 0 bridgehead atoms. The van der Waals surface area contributed by atoms with Crippen LogP contribution >= 0.6 is 0 Å². The second-order valence-electron chi connectivity index (χ2n) is 3.49. The highest BCUT2D eigenvalue weighted by molar-refractivity contribution is 6.11. The molecular formula is C10H7F3N2O2. The van der Waals surface area contributed by atoms with Crippen LogP contribution in [0.3, 0.4) is 0 Å². The number of anilines is 1. The topological polar surface area (TPSA) is 49.4 Å². The molecule has 90 valence electrons. The maximum atomic E-state index is 12.3. The molecule has 0 saturated carbocycles. The van der Waals surface area contributed by atoms with Crippen molar-refractivity contribution >= 4 is 17.5 Å². The summed E-state index contributed by atoms with van der Waals surface area (Å²) in [7, 11) is 0. The van der Waals surface area contributed by atoms with Gasteiger partial charge in [0, 0.05) is 0 Å². The van der Waals surface area contributed by atoms with Gasteiger partial charge in [-0.15, -0.1) is 0 Å². The smallest absolute Gasteiger partial charge is 0.273 e. The molecule has 1 aromatic carbocycles. The maximum Gasteiger partial charge on any atom is 0.416 e. The number of hydrogen-bond acceptors (Lipinski definition) is 2. The average molecular weight is 244 g/mol. The molecule has 1 aliphatic heterocycles. The third-order valence-corrected chi connectivity index (χ3v) is 2.25. The zero-order chi connectivity index (χ0) is 12.6. The monoisotopic (exact) mass is 244 g/mol. The van der Waals surface area contributed by atoms with Crippen LogP contribution in [0.25, 0.3) is 0 Å². The van der Waals surface area contributed by atoms with Crippen molar-refractivity contribution in [2.75, 3.05) is 5.01 Å². The van der Waals surface area contributed by atoms with Crippen LogP contribution in [-0.2, 0) is 15.8 Å². The largest absolute Gasteiger partial charge is 0.416 e. The highest BCUT2D eigenvalue weighted by atomic mass is 19.4. The van der Waals surface area contributed by atoms with Crippen LogP contribution in [0.4, 0.5) is 18.9 Å². The van der Waals surface area contributed by atoms with Gasteiger partial charge in [0.25, 0.3) is 5.91 Å². The number of nitrogens with one attached hydrogen (secondary N) is 1. The zero-order valence-electron chi connectivity index (χ0n) is 8.41. The molecule has 0 atom stereocenters. The molecule has 2 rings (SSSR count). The minimum atomic E-state index is -4.42. The highest BCUT2D eigenvalue weighted by Gasteiger charge is 2.32. The van der Waals surface area contributed by atoms with E-state index in [2.05, 4.69) is 5.43 Å². The molecular weight excluding hydrogens is 237 g/mol. The van der Waals surface area contributed by atoms with Crippen molar-refractivity contribution in [1.29, 1.82) is 0 Å². The highest BCUT2D eigenvalue weighted by Crippen LogP contribution is 2.30. The van der Waals surface area contributed by atoms with Crippen molar-refractivity contribution < 1.29 is 22.8 Å². The lowest BCUT2D eigenvalue weighted by atomic mass is 10.2. The van der Waals surface area contributed by atoms with E-state index in [1.165, 1.54) is 0 Å². The first-order chi connectivity index (χ1) is 7.88. The van der Waals surface area contributed by atoms with Crippen LogP contribution in [0.2, 0.25) is 0 Å². The standard InChI is InChI=1S/C10H7F3N2O2/c11-10(12,13)6-1-3-7(4-2-6)15-9(17)5-8(16)14-15/h1-4H,5H2,(H,14,16). The Balaban J connectivity index is 2.24. The maximum absolute atomic E-state index is 12.3. The van der Waals surface area contributed by atoms with E-state index in [0.29, 0.717) is 0 Å². The normalized spacial score (nSPS) is 16.3. The minimum absolute atomic E-state index is 0.203. The van der Waals surface area contributed by atoms with Crippen molar-refractivity contribution in [2.45, 2.75) is 12.6 Å². The molecule has 1 N–H and O–H groups in total. The van der Waals surface area contributed by atoms with Gasteiger partial charge in [0.05, 0.1) is 11.3 Å². The molecule has 4 nitrogen and oxygen atoms in total. The third-order valence-electron chi connectivity index (χ3n) is 2.25. The predicted octanol–water partition coefficient (Wildman–Crippen LogP) is 1.47. The summed E-state index contributed by atoms with van der Waals surface area (Å²) < 4.78 is 36.9. The van der Waals surface area contributed by atoms with Crippen molar-refractivity contribution in [1.82, 2.24) is 5.43 Å². The molecule has 0 spiro atoms. The van der Waals surface area contributed by atoms with Gasteiger partial charge in [-0.05, 0) is 24.3 Å². The quantitative estimate of drug-likeness (QED) is 0.760. The number of carbonyl (C=O) groups is 2. The molecule has 0 unspecified atom stereocenters. The number of hydrazine groups is 1. The number of amides is 2. The Hall–Kier alpha value is -2.05. The fraction of sp³-hybridized carbons (Fsp3) is 0.200. The Bertz CT molecular complexity index is 467. The first-order valence-electron chi connectivity index (χ1n) is 4.67. The van der Waals surface area contributed by atoms with Crippen LogP contribution in [0.5, 0.6) is 0 Å². The summed E-state index contributed by atoms with van der Waals surface area (Å²) in [5.74, 6) is -0.968. The first kappa shape index (κ1) is 11.4. The van der Waals surface area contributed by atoms with E-state index in [-0.39, 0.29) is 12.1 Å². The van der Waals surface area contributed by atoms with Crippen molar-refractivity contribution in [2.24, 2.45) is 0 Å². The second-order valence-corrected chi connectivity index (χ2v) is 3.49. The van der Waals surface area contributed by atoms with E-state index >= 15 is 0 Å². The number of alkyl halides is 3. The molecule has 0 radical (unpaired) electrons. The van der Waals surface area contributed by atoms with Gasteiger partial charge >= 0.3 is 6.18 Å². The number of nitrogens with zero attached hydrogens (tertiary/aromatic N) is 1. The summed E-state index contributed by atoms with van der Waals surface area (Å²) in [6.07, 6.45) is -4.71. The van der Waals surface area contributed by atoms with Crippen LogP contribution in [0.15, 0.2) is 24.3 Å². The molecule has 0 aliphatic carbocycles. The molecule has 1 heterocycles. The van der Waals surface area contributed by atoms with E-state index in [9.17, 15) is 22.8 Å². The Morgan fingerprint density at radius 3 is 2.12 bits per heavy atom. The van der Waals surface area contributed by atoms with Crippen LogP contribution in [0, 0.1) is 0 Å². The number of halogens is 3. The Morgan fingerprint density at radius 1 is 1.12 bits per heavy atom. The average Bonchev–Trinajstić information content (AvgIpc) is 2.57. The lowest BCUT2D eigenvalue weighted by Crippen LogP contribution is -2.35. The van der Waals surface area contributed by atoms with E-state index in [0.717, 1.165) is 29.3 Å². The summed E-state index contributed by atoms with van der Waals surface area (Å²) in [5.41, 5.74) is 1.64. The summed E-state index contributed by atoms with van der Waals surface area (Å²) in [5, 5.41) is 0.933. The van der Waals surface area contributed by atoms with Crippen LogP contribution < -0.4 is 10.4 Å². The Morgan fingerprint density at radius 2 is 1.71 bits per heavy atom. The first-order valence-corrected chi connectivity index (χ1v) is 4.67. The molecule has 1 fully saturated rings. The van der Waals surface area contributed by atoms with Crippen molar-refractivity contribution in [3.05, 3.63) is 29.8 Å². The van der Waals surface area contributed by atoms with Crippen LogP contribution in [-0.4, -0.2) is 11.8 Å². The van der Waals surface area contributed by atoms with E-state index in [1.807, 2.05) is 0 Å². The van der Waals surface area contributed by atoms with Crippen molar-refractivity contribution in [3.63, 3.8) is 0 Å². The molecule has 2 amide bonds. The summed E-state index contributed by atoms with van der Waals surface area (Å²) in [6, 6.07) is 3.97. The van der Waals surface area contributed by atoms with E-state index < -0.39 is 23.6 Å². The Labute approximate surface area is 94.0 Å². The third kappa shape index (κ3) is 2.22. The van der Waals surface area contributed by atoms with Gasteiger partial charge in [0.2, 0.25) is 5.91 Å². The number of carbonyl (C=O) groups excluding carboxylic acids is 2. The van der Waals surface area contributed by atoms with Gasteiger partial charge < -0.3 is 0 Å². The lowest BCUT2D eigenvalue weighted by molar-refractivity contribution is -0.137. The number of rotatable bonds is 1. The van der Waals surface area contributed by atoms with Gasteiger partial charge in [-0.25, -0.2) is 5.01 Å². The zero-order valence-corrected chi connectivity index (χ0v) is 8.41. The van der Waals surface area contributed by atoms with Crippen LogP contribution in [0.1, 0.15) is 12.0 Å². The second kappa shape index (κ2) is 3.76. The summed E-state index contributed by atoms with van der Waals surface area (Å²) >= 11 is 0. The summed E-state index contributed by atoms with van der Waals surface area (Å²) in [6.45, 7) is 0. The molecule has 0 aromatic heterocycles. The molecule has 1 aliphatic rings. The van der Waals surface area contributed by atoms with Gasteiger partial charge in [0.1, 0.15) is 6.42 Å². The van der Waals surface area contributed by atoms with Gasteiger partial charge in [-0.3, -0.25) is 15.0 Å². The number of hydrogen-bond donors (Lipinski definition) is 1.